The zero-order valence-corrected chi connectivity index (χ0v) is 12.3. The Kier molecular flexibility index (Phi) is 5.25. The number of hydrogen-bond acceptors (Lipinski definition) is 2. The fraction of sp³-hybridized carbons (Fsp3) is 0.533. The fourth-order valence-corrected chi connectivity index (χ4v) is 3.21. The highest BCUT2D eigenvalue weighted by atomic mass is 32.2. The van der Waals surface area contributed by atoms with E-state index < -0.39 is 0 Å². The summed E-state index contributed by atoms with van der Waals surface area (Å²) in [6.45, 7) is 5.12. The molecule has 0 saturated carbocycles. The molecule has 1 aliphatic heterocycles. The van der Waals surface area contributed by atoms with Gasteiger partial charge < -0.3 is 5.32 Å². The minimum atomic E-state index is -0.132. The first-order valence-corrected chi connectivity index (χ1v) is 7.81. The molecule has 1 saturated heterocycles. The molecule has 1 N–H and O–H groups in total. The average molecular weight is 280 g/mol. The van der Waals surface area contributed by atoms with Crippen molar-refractivity contribution >= 4 is 16.9 Å². The fourth-order valence-electron chi connectivity index (χ4n) is 2.20. The molecule has 0 aromatic heterocycles. The molecule has 0 amide bonds. The molecule has 0 bridgehead atoms. The van der Waals surface area contributed by atoms with Gasteiger partial charge in [-0.05, 0) is 30.4 Å². The van der Waals surface area contributed by atoms with E-state index in [1.54, 1.807) is 17.8 Å². The number of benzene rings is 1. The lowest BCUT2D eigenvalue weighted by Crippen LogP contribution is -2.28. The summed E-state index contributed by atoms with van der Waals surface area (Å²) in [5, 5.41) is 4.46. The van der Waals surface area contributed by atoms with Gasteiger partial charge in [0.1, 0.15) is 5.82 Å². The second-order valence-corrected chi connectivity index (χ2v) is 6.32. The minimum Gasteiger partial charge on any atom is -0.361 e. The van der Waals surface area contributed by atoms with E-state index in [9.17, 15) is 4.39 Å². The molecule has 1 aromatic rings. The van der Waals surface area contributed by atoms with Crippen molar-refractivity contribution in [2.24, 2.45) is 10.9 Å². The lowest BCUT2D eigenvalue weighted by atomic mass is 10.1. The largest absolute Gasteiger partial charge is 0.361 e. The van der Waals surface area contributed by atoms with E-state index in [-0.39, 0.29) is 5.82 Å². The van der Waals surface area contributed by atoms with Crippen molar-refractivity contribution in [1.29, 1.82) is 0 Å². The van der Waals surface area contributed by atoms with Crippen LogP contribution in [0.2, 0.25) is 0 Å². The van der Waals surface area contributed by atoms with Crippen LogP contribution in [0.25, 0.3) is 0 Å². The average Bonchev–Trinajstić information content (AvgIpc) is 2.78. The number of halogens is 1. The molecule has 2 nitrogen and oxygen atoms in total. The quantitative estimate of drug-likeness (QED) is 0.893. The first-order valence-electron chi connectivity index (χ1n) is 6.82. The maximum absolute atomic E-state index is 13.4. The summed E-state index contributed by atoms with van der Waals surface area (Å²) in [5.41, 5.74) is 0.744. The predicted octanol–water partition coefficient (Wildman–Crippen LogP) is 3.48. The van der Waals surface area contributed by atoms with Gasteiger partial charge in [-0.25, -0.2) is 4.39 Å². The summed E-state index contributed by atoms with van der Waals surface area (Å²) in [4.78, 5) is 4.52. The second-order valence-electron chi connectivity index (χ2n) is 5.31. The Morgan fingerprint density at radius 3 is 2.95 bits per heavy atom. The summed E-state index contributed by atoms with van der Waals surface area (Å²) < 4.78 is 13.4. The first kappa shape index (κ1) is 14.4. The molecule has 1 aliphatic rings. The van der Waals surface area contributed by atoms with Crippen LogP contribution >= 0.6 is 11.8 Å². The van der Waals surface area contributed by atoms with Crippen LogP contribution in [0, 0.1) is 11.7 Å². The van der Waals surface area contributed by atoms with Crippen molar-refractivity contribution in [2.45, 2.75) is 32.7 Å². The van der Waals surface area contributed by atoms with Gasteiger partial charge in [-0.2, -0.15) is 0 Å². The van der Waals surface area contributed by atoms with Crippen LogP contribution in [-0.2, 0) is 6.42 Å². The Morgan fingerprint density at radius 2 is 2.21 bits per heavy atom. The summed E-state index contributed by atoms with van der Waals surface area (Å²) in [7, 11) is 0. The van der Waals surface area contributed by atoms with E-state index in [1.165, 1.54) is 12.5 Å². The van der Waals surface area contributed by atoms with E-state index in [0.717, 1.165) is 16.5 Å². The van der Waals surface area contributed by atoms with Gasteiger partial charge in [0.2, 0.25) is 0 Å². The number of nitrogens with zero attached hydrogens (tertiary/aromatic N) is 1. The number of thioether (sulfide) groups is 1. The minimum absolute atomic E-state index is 0.132. The number of amidine groups is 1. The zero-order chi connectivity index (χ0) is 13.7. The van der Waals surface area contributed by atoms with E-state index in [1.807, 2.05) is 12.1 Å². The summed E-state index contributed by atoms with van der Waals surface area (Å²) >= 11 is 1.78. The smallest absolute Gasteiger partial charge is 0.156 e. The van der Waals surface area contributed by atoms with Crippen LogP contribution in [-0.4, -0.2) is 23.5 Å². The van der Waals surface area contributed by atoms with Crippen LogP contribution in [0.15, 0.2) is 29.3 Å². The van der Waals surface area contributed by atoms with Gasteiger partial charge in [0.15, 0.2) is 5.17 Å². The second kappa shape index (κ2) is 6.94. The molecule has 4 heteroatoms. The third kappa shape index (κ3) is 4.53. The Hall–Kier alpha value is -1.03. The Bertz CT molecular complexity index is 446. The van der Waals surface area contributed by atoms with E-state index >= 15 is 0 Å². The van der Waals surface area contributed by atoms with Gasteiger partial charge in [-0.1, -0.05) is 43.8 Å². The maximum Gasteiger partial charge on any atom is 0.156 e. The van der Waals surface area contributed by atoms with Crippen molar-refractivity contribution in [3.63, 3.8) is 0 Å². The van der Waals surface area contributed by atoms with Crippen LogP contribution in [0.1, 0.15) is 25.8 Å². The van der Waals surface area contributed by atoms with Crippen molar-refractivity contribution in [1.82, 2.24) is 5.32 Å². The van der Waals surface area contributed by atoms with Crippen molar-refractivity contribution in [2.75, 3.05) is 12.3 Å². The maximum atomic E-state index is 13.4. The van der Waals surface area contributed by atoms with Crippen molar-refractivity contribution < 1.29 is 4.39 Å². The Balaban J connectivity index is 1.79. The molecule has 1 heterocycles. The highest BCUT2D eigenvalue weighted by Gasteiger charge is 2.20. The zero-order valence-electron chi connectivity index (χ0n) is 11.5. The highest BCUT2D eigenvalue weighted by molar-refractivity contribution is 8.14. The van der Waals surface area contributed by atoms with Crippen LogP contribution in [0.5, 0.6) is 0 Å². The SMILES string of the molecule is CC(C)CC1CSC(=NCCc2ccccc2F)N1. The molecule has 1 aromatic carbocycles. The number of rotatable bonds is 5. The van der Waals surface area contributed by atoms with E-state index in [4.69, 9.17) is 0 Å². The van der Waals surface area contributed by atoms with E-state index in [0.29, 0.717) is 24.9 Å². The summed E-state index contributed by atoms with van der Waals surface area (Å²) in [6, 6.07) is 7.45. The molecule has 2 rings (SSSR count). The molecule has 0 radical (unpaired) electrons. The number of hydrogen-bond donors (Lipinski definition) is 1. The van der Waals surface area contributed by atoms with Gasteiger partial charge in [-0.15, -0.1) is 0 Å². The standard InChI is InChI=1S/C15H21FN2S/c1-11(2)9-13-10-19-15(18-13)17-8-7-12-5-3-4-6-14(12)16/h3-6,11,13H,7-10H2,1-2H3,(H,17,18). The van der Waals surface area contributed by atoms with Gasteiger partial charge in [0.25, 0.3) is 0 Å². The molecule has 19 heavy (non-hydrogen) atoms. The van der Waals surface area contributed by atoms with Crippen molar-refractivity contribution in [3.05, 3.63) is 35.6 Å². The summed E-state index contributed by atoms with van der Waals surface area (Å²) in [6.07, 6.45) is 1.84. The molecule has 0 aliphatic carbocycles. The predicted molar refractivity (Wildman–Crippen MR) is 81.2 cm³/mol. The van der Waals surface area contributed by atoms with Crippen LogP contribution in [0.4, 0.5) is 4.39 Å². The molecule has 104 valence electrons. The van der Waals surface area contributed by atoms with Gasteiger partial charge in [-0.3, -0.25) is 4.99 Å². The number of aliphatic imine (C=N–C) groups is 1. The molecular formula is C15H21FN2S. The van der Waals surface area contributed by atoms with E-state index in [2.05, 4.69) is 24.2 Å². The van der Waals surface area contributed by atoms with Crippen LogP contribution < -0.4 is 5.32 Å². The van der Waals surface area contributed by atoms with Gasteiger partial charge >= 0.3 is 0 Å². The molecule has 1 unspecified atom stereocenters. The normalized spacial score (nSPS) is 21.1. The molecule has 1 atom stereocenters. The first-order chi connectivity index (χ1) is 9.15. The third-order valence-corrected chi connectivity index (χ3v) is 4.19. The topological polar surface area (TPSA) is 24.4 Å². The van der Waals surface area contributed by atoms with Gasteiger partial charge in [0, 0.05) is 18.3 Å². The Morgan fingerprint density at radius 1 is 1.42 bits per heavy atom. The van der Waals surface area contributed by atoms with Gasteiger partial charge in [0.05, 0.1) is 0 Å². The lowest BCUT2D eigenvalue weighted by Gasteiger charge is -2.11. The lowest BCUT2D eigenvalue weighted by molar-refractivity contribution is 0.502. The molecule has 0 spiro atoms. The number of nitrogens with one attached hydrogen (secondary N) is 1. The molecular weight excluding hydrogens is 259 g/mol. The van der Waals surface area contributed by atoms with Crippen LogP contribution in [0.3, 0.4) is 0 Å². The Labute approximate surface area is 118 Å². The third-order valence-electron chi connectivity index (χ3n) is 3.10. The monoisotopic (exact) mass is 280 g/mol. The highest BCUT2D eigenvalue weighted by Crippen LogP contribution is 2.19. The van der Waals surface area contributed by atoms with Crippen molar-refractivity contribution in [3.8, 4) is 0 Å². The summed E-state index contributed by atoms with van der Waals surface area (Å²) in [5.74, 6) is 1.67. The molecule has 1 fully saturated rings.